The van der Waals surface area contributed by atoms with Gasteiger partial charge in [0.25, 0.3) is 5.91 Å². The fourth-order valence-corrected chi connectivity index (χ4v) is 2.80. The summed E-state index contributed by atoms with van der Waals surface area (Å²) in [6.45, 7) is 0.993. The average molecular weight is 389 g/mol. The zero-order chi connectivity index (χ0) is 19.9. The van der Waals surface area contributed by atoms with Gasteiger partial charge in [-0.05, 0) is 43.2 Å². The van der Waals surface area contributed by atoms with E-state index in [9.17, 15) is 13.6 Å². The molecule has 0 aromatic heterocycles. The summed E-state index contributed by atoms with van der Waals surface area (Å²) in [6.07, 6.45) is 1.78. The lowest BCUT2D eigenvalue weighted by atomic mass is 10.2. The molecule has 3 rings (SSSR count). The van der Waals surface area contributed by atoms with Crippen LogP contribution in [0.5, 0.6) is 5.75 Å². The predicted octanol–water partition coefficient (Wildman–Crippen LogP) is 3.35. The minimum absolute atomic E-state index is 0.0465. The molecule has 0 bridgehead atoms. The SMILES string of the molecule is COc1cccc(C(=O)NC(=NC[C@H]2CCCO2)Nc2cc(F)cc(F)c2)c1. The fraction of sp³-hybridized carbons (Fsp3) is 0.300. The third-order valence-corrected chi connectivity index (χ3v) is 4.17. The number of halogens is 2. The molecule has 2 N–H and O–H groups in total. The van der Waals surface area contributed by atoms with Crippen LogP contribution >= 0.6 is 0 Å². The Morgan fingerprint density at radius 2 is 2.04 bits per heavy atom. The second kappa shape index (κ2) is 9.27. The van der Waals surface area contributed by atoms with Crippen molar-refractivity contribution in [2.75, 3.05) is 25.6 Å². The summed E-state index contributed by atoms with van der Waals surface area (Å²) >= 11 is 0. The first kappa shape index (κ1) is 19.8. The number of methoxy groups -OCH3 is 1. The second-order valence-corrected chi connectivity index (χ2v) is 6.29. The number of aliphatic imine (C=N–C) groups is 1. The quantitative estimate of drug-likeness (QED) is 0.608. The molecule has 6 nitrogen and oxygen atoms in total. The molecule has 0 saturated carbocycles. The Labute approximate surface area is 161 Å². The predicted molar refractivity (Wildman–Crippen MR) is 102 cm³/mol. The number of hydrogen-bond donors (Lipinski definition) is 2. The van der Waals surface area contributed by atoms with Crippen LogP contribution in [0.2, 0.25) is 0 Å². The number of nitrogens with zero attached hydrogens (tertiary/aromatic N) is 1. The molecule has 0 spiro atoms. The van der Waals surface area contributed by atoms with Gasteiger partial charge in [0.2, 0.25) is 5.96 Å². The van der Waals surface area contributed by atoms with E-state index in [1.807, 2.05) is 0 Å². The standard InChI is InChI=1S/C20H21F2N3O3/c1-27-17-5-2-4-13(8-17)19(26)25-20(23-12-18-6-3-7-28-18)24-16-10-14(21)9-15(22)11-16/h2,4-5,8-11,18H,3,6-7,12H2,1H3,(H2,23,24,25,26)/t18-/m1/s1. The van der Waals surface area contributed by atoms with Gasteiger partial charge in [0.15, 0.2) is 0 Å². The van der Waals surface area contributed by atoms with Crippen LogP contribution in [-0.2, 0) is 4.74 Å². The van der Waals surface area contributed by atoms with E-state index >= 15 is 0 Å². The van der Waals surface area contributed by atoms with E-state index in [0.29, 0.717) is 24.5 Å². The number of ether oxygens (including phenoxy) is 2. The van der Waals surface area contributed by atoms with Gasteiger partial charge in [-0.25, -0.2) is 13.8 Å². The molecule has 0 unspecified atom stereocenters. The third kappa shape index (κ3) is 5.50. The van der Waals surface area contributed by atoms with Gasteiger partial charge in [-0.2, -0.15) is 0 Å². The third-order valence-electron chi connectivity index (χ3n) is 4.17. The van der Waals surface area contributed by atoms with E-state index in [1.165, 1.54) is 7.11 Å². The van der Waals surface area contributed by atoms with Crippen LogP contribution in [0.4, 0.5) is 14.5 Å². The maximum absolute atomic E-state index is 13.5. The van der Waals surface area contributed by atoms with Gasteiger partial charge >= 0.3 is 0 Å². The number of amides is 1. The molecule has 0 aliphatic carbocycles. The number of anilines is 1. The Hall–Kier alpha value is -3.00. The van der Waals surface area contributed by atoms with Crippen LogP contribution < -0.4 is 15.4 Å². The molecule has 2 aromatic rings. The fourth-order valence-electron chi connectivity index (χ4n) is 2.80. The van der Waals surface area contributed by atoms with Crippen molar-refractivity contribution in [3.8, 4) is 5.75 Å². The van der Waals surface area contributed by atoms with Crippen LogP contribution in [0.25, 0.3) is 0 Å². The first-order valence-corrected chi connectivity index (χ1v) is 8.88. The largest absolute Gasteiger partial charge is 0.497 e. The minimum atomic E-state index is -0.736. The van der Waals surface area contributed by atoms with E-state index in [1.54, 1.807) is 24.3 Å². The summed E-state index contributed by atoms with van der Waals surface area (Å²) in [4.78, 5) is 16.9. The number of carbonyl (C=O) groups excluding carboxylic acids is 1. The number of nitrogens with one attached hydrogen (secondary N) is 2. The highest BCUT2D eigenvalue weighted by Crippen LogP contribution is 2.15. The number of rotatable bonds is 5. The lowest BCUT2D eigenvalue weighted by molar-refractivity contribution is 0.0975. The van der Waals surface area contributed by atoms with E-state index in [4.69, 9.17) is 9.47 Å². The van der Waals surface area contributed by atoms with Crippen molar-refractivity contribution in [2.24, 2.45) is 4.99 Å². The van der Waals surface area contributed by atoms with Crippen molar-refractivity contribution in [1.82, 2.24) is 5.32 Å². The van der Waals surface area contributed by atoms with Gasteiger partial charge in [-0.15, -0.1) is 0 Å². The van der Waals surface area contributed by atoms with Crippen molar-refractivity contribution >= 4 is 17.6 Å². The molecular weight excluding hydrogens is 368 g/mol. The normalized spacial score (nSPS) is 16.7. The lowest BCUT2D eigenvalue weighted by Gasteiger charge is -2.14. The van der Waals surface area contributed by atoms with E-state index in [2.05, 4.69) is 15.6 Å². The molecule has 8 heteroatoms. The molecule has 1 aliphatic heterocycles. The molecule has 1 atom stereocenters. The topological polar surface area (TPSA) is 72.0 Å². The van der Waals surface area contributed by atoms with Crippen LogP contribution in [0.1, 0.15) is 23.2 Å². The summed E-state index contributed by atoms with van der Waals surface area (Å²) in [5, 5.41) is 5.41. The van der Waals surface area contributed by atoms with Gasteiger partial charge < -0.3 is 14.8 Å². The van der Waals surface area contributed by atoms with Crippen molar-refractivity contribution in [3.05, 3.63) is 59.7 Å². The maximum Gasteiger partial charge on any atom is 0.258 e. The highest BCUT2D eigenvalue weighted by Gasteiger charge is 2.16. The van der Waals surface area contributed by atoms with Crippen LogP contribution in [0, 0.1) is 11.6 Å². The molecule has 1 fully saturated rings. The first-order valence-electron chi connectivity index (χ1n) is 8.88. The number of hydrogen-bond acceptors (Lipinski definition) is 4. The Bertz CT molecular complexity index is 847. The Morgan fingerprint density at radius 1 is 1.25 bits per heavy atom. The van der Waals surface area contributed by atoms with Gasteiger partial charge in [0.1, 0.15) is 17.4 Å². The average Bonchev–Trinajstić information content (AvgIpc) is 3.19. The molecular formula is C20H21F2N3O3. The minimum Gasteiger partial charge on any atom is -0.497 e. The van der Waals surface area contributed by atoms with Gasteiger partial charge in [-0.3, -0.25) is 10.1 Å². The molecule has 0 radical (unpaired) electrons. The first-order chi connectivity index (χ1) is 13.5. The molecule has 1 aliphatic rings. The lowest BCUT2D eigenvalue weighted by Crippen LogP contribution is -2.36. The molecule has 148 valence electrons. The van der Waals surface area contributed by atoms with Crippen molar-refractivity contribution < 1.29 is 23.0 Å². The van der Waals surface area contributed by atoms with Gasteiger partial charge in [-0.1, -0.05) is 6.07 Å². The van der Waals surface area contributed by atoms with E-state index < -0.39 is 17.5 Å². The Balaban J connectivity index is 1.78. The van der Waals surface area contributed by atoms with Crippen LogP contribution in [0.3, 0.4) is 0 Å². The van der Waals surface area contributed by atoms with Crippen molar-refractivity contribution in [1.29, 1.82) is 0 Å². The molecule has 1 heterocycles. The van der Waals surface area contributed by atoms with Crippen molar-refractivity contribution in [2.45, 2.75) is 18.9 Å². The summed E-state index contributed by atoms with van der Waals surface area (Å²) in [5.74, 6) is -1.30. The Morgan fingerprint density at radius 3 is 2.71 bits per heavy atom. The molecule has 1 amide bonds. The number of guanidine groups is 1. The smallest absolute Gasteiger partial charge is 0.258 e. The maximum atomic E-state index is 13.5. The van der Waals surface area contributed by atoms with E-state index in [0.717, 1.165) is 31.0 Å². The highest BCUT2D eigenvalue weighted by molar-refractivity contribution is 6.10. The summed E-state index contributed by atoms with van der Waals surface area (Å²) < 4.78 is 37.6. The Kier molecular flexibility index (Phi) is 6.54. The zero-order valence-electron chi connectivity index (χ0n) is 15.4. The second-order valence-electron chi connectivity index (χ2n) is 6.29. The highest BCUT2D eigenvalue weighted by atomic mass is 19.1. The van der Waals surface area contributed by atoms with Crippen LogP contribution in [-0.4, -0.2) is 38.2 Å². The zero-order valence-corrected chi connectivity index (χ0v) is 15.4. The monoisotopic (exact) mass is 389 g/mol. The molecule has 2 aromatic carbocycles. The molecule has 1 saturated heterocycles. The number of carbonyl (C=O) groups is 1. The summed E-state index contributed by atoms with van der Waals surface area (Å²) in [5.41, 5.74) is 0.492. The van der Waals surface area contributed by atoms with Gasteiger partial charge in [0, 0.05) is 23.9 Å². The van der Waals surface area contributed by atoms with E-state index in [-0.39, 0.29) is 17.8 Å². The molecule has 28 heavy (non-hydrogen) atoms. The van der Waals surface area contributed by atoms with Crippen LogP contribution in [0.15, 0.2) is 47.5 Å². The summed E-state index contributed by atoms with van der Waals surface area (Å²) in [6, 6.07) is 9.60. The summed E-state index contributed by atoms with van der Waals surface area (Å²) in [7, 11) is 1.51. The van der Waals surface area contributed by atoms with Crippen molar-refractivity contribution in [3.63, 3.8) is 0 Å². The number of benzene rings is 2. The van der Waals surface area contributed by atoms with Gasteiger partial charge in [0.05, 0.1) is 19.8 Å².